The number of aliphatic carboxylic acids is 1. The van der Waals surface area contributed by atoms with Crippen molar-refractivity contribution in [3.05, 3.63) is 129 Å². The summed E-state index contributed by atoms with van der Waals surface area (Å²) in [5.41, 5.74) is 8.80. The highest BCUT2D eigenvalue weighted by atomic mass is 32.1. The molecule has 0 saturated carbocycles. The van der Waals surface area contributed by atoms with Gasteiger partial charge in [-0.05, 0) is 35.4 Å². The van der Waals surface area contributed by atoms with Crippen LogP contribution in [-0.4, -0.2) is 70.1 Å². The lowest BCUT2D eigenvalue weighted by Gasteiger charge is -2.18. The van der Waals surface area contributed by atoms with Crippen molar-refractivity contribution in [2.45, 2.75) is 38.6 Å². The van der Waals surface area contributed by atoms with E-state index in [0.29, 0.717) is 41.3 Å². The average Bonchev–Trinajstić information content (AvgIpc) is 3.89. The summed E-state index contributed by atoms with van der Waals surface area (Å²) in [6, 6.07) is 22.0. The molecule has 6 aromatic rings. The third-order valence-electron chi connectivity index (χ3n) is 8.00. The maximum absolute atomic E-state index is 13.3. The van der Waals surface area contributed by atoms with Crippen LogP contribution in [0.4, 0.5) is 13.6 Å². The summed E-state index contributed by atoms with van der Waals surface area (Å²) >= 11 is 2.21. The van der Waals surface area contributed by atoms with E-state index in [4.69, 9.17) is 20.3 Å². The summed E-state index contributed by atoms with van der Waals surface area (Å²) in [6.45, 7) is -1.72. The molecule has 0 aliphatic rings. The Morgan fingerprint density at radius 3 is 1.65 bits per heavy atom. The molecule has 0 bridgehead atoms. The number of alkyl halides is 2. The number of esters is 1. The first-order chi connectivity index (χ1) is 27.6. The molecular formula is C39H36F2N6O8S2. The van der Waals surface area contributed by atoms with E-state index in [0.717, 1.165) is 33.8 Å². The summed E-state index contributed by atoms with van der Waals surface area (Å²) in [4.78, 5) is 69.3. The van der Waals surface area contributed by atoms with Gasteiger partial charge in [0.05, 0.1) is 30.2 Å². The first kappa shape index (κ1) is 41.8. The zero-order valence-corrected chi connectivity index (χ0v) is 31.6. The molecule has 4 aromatic heterocycles. The van der Waals surface area contributed by atoms with Crippen LogP contribution in [0, 0.1) is 0 Å². The maximum atomic E-state index is 13.3. The highest BCUT2D eigenvalue weighted by Gasteiger charge is 2.25. The number of halogens is 2. The quantitative estimate of drug-likeness (QED) is 0.0824. The molecule has 18 heteroatoms. The SMILES string of the molecule is N[C@H](CNC(=O)c1cc2nccc(CF)c2s1)C(=O)O.O=C(N[C@H](CNC(=O)c1cc2nccc(CF)c2s1)C(=O)OCc1ccccc1)OCc1ccccc1. The molecule has 0 saturated heterocycles. The third kappa shape index (κ3) is 11.8. The lowest BCUT2D eigenvalue weighted by molar-refractivity contribution is -0.147. The van der Waals surface area contributed by atoms with Crippen molar-refractivity contribution in [1.82, 2.24) is 25.9 Å². The number of alkyl carbamates (subject to hydrolysis) is 1. The number of pyridine rings is 2. The Bertz CT molecular complexity index is 2330. The number of thiophene rings is 2. The van der Waals surface area contributed by atoms with Crippen molar-refractivity contribution < 1.29 is 47.3 Å². The smallest absolute Gasteiger partial charge is 0.408 e. The summed E-state index contributed by atoms with van der Waals surface area (Å²) in [7, 11) is 0. The summed E-state index contributed by atoms with van der Waals surface area (Å²) in [5, 5.41) is 16.1. The second-order valence-electron chi connectivity index (χ2n) is 12.1. The molecule has 0 aliphatic heterocycles. The fourth-order valence-electron chi connectivity index (χ4n) is 5.00. The molecule has 0 aliphatic carbocycles. The molecule has 14 nitrogen and oxygen atoms in total. The number of amides is 3. The molecule has 296 valence electrons. The third-order valence-corrected chi connectivity index (χ3v) is 10.4. The zero-order chi connectivity index (χ0) is 40.7. The lowest BCUT2D eigenvalue weighted by atomic mass is 10.2. The molecular weight excluding hydrogens is 783 g/mol. The number of carbonyl (C=O) groups excluding carboxylic acids is 4. The van der Waals surface area contributed by atoms with E-state index < -0.39 is 55.3 Å². The fourth-order valence-corrected chi connectivity index (χ4v) is 7.05. The van der Waals surface area contributed by atoms with Gasteiger partial charge in [0, 0.05) is 36.6 Å². The molecule has 2 atom stereocenters. The number of rotatable bonds is 15. The molecule has 0 radical (unpaired) electrons. The number of aromatic nitrogens is 2. The fraction of sp³-hybridized carbons (Fsp3) is 0.205. The van der Waals surface area contributed by atoms with Crippen molar-refractivity contribution in [2.75, 3.05) is 13.1 Å². The predicted octanol–water partition coefficient (Wildman–Crippen LogP) is 5.44. The number of nitrogens with zero attached hydrogens (tertiary/aromatic N) is 2. The van der Waals surface area contributed by atoms with E-state index in [1.807, 2.05) is 36.4 Å². The van der Waals surface area contributed by atoms with Crippen LogP contribution in [0.2, 0.25) is 0 Å². The van der Waals surface area contributed by atoms with Gasteiger partial charge in [-0.3, -0.25) is 24.4 Å². The van der Waals surface area contributed by atoms with Crippen LogP contribution in [-0.2, 0) is 45.6 Å². The summed E-state index contributed by atoms with van der Waals surface area (Å²) in [5.74, 6) is -2.87. The number of hydrogen-bond donors (Lipinski definition) is 5. The number of nitrogens with one attached hydrogen (secondary N) is 3. The van der Waals surface area contributed by atoms with Crippen LogP contribution in [0.5, 0.6) is 0 Å². The maximum Gasteiger partial charge on any atom is 0.408 e. The summed E-state index contributed by atoms with van der Waals surface area (Å²) in [6.07, 6.45) is 2.12. The van der Waals surface area contributed by atoms with Gasteiger partial charge in [0.1, 0.15) is 38.6 Å². The number of hydrogen-bond acceptors (Lipinski definition) is 12. The Morgan fingerprint density at radius 2 is 1.18 bits per heavy atom. The van der Waals surface area contributed by atoms with Crippen LogP contribution >= 0.6 is 22.7 Å². The molecule has 0 fully saturated rings. The van der Waals surface area contributed by atoms with E-state index >= 15 is 0 Å². The van der Waals surface area contributed by atoms with Gasteiger partial charge in [0.2, 0.25) is 0 Å². The Labute approximate surface area is 332 Å². The van der Waals surface area contributed by atoms with Crippen LogP contribution in [0.3, 0.4) is 0 Å². The number of benzene rings is 2. The van der Waals surface area contributed by atoms with E-state index in [9.17, 15) is 32.8 Å². The van der Waals surface area contributed by atoms with Crippen LogP contribution < -0.4 is 21.7 Å². The van der Waals surface area contributed by atoms with Crippen molar-refractivity contribution in [3.63, 3.8) is 0 Å². The molecule has 2 aromatic carbocycles. The number of nitrogens with two attached hydrogens (primary N) is 1. The first-order valence-electron chi connectivity index (χ1n) is 17.2. The molecule has 0 unspecified atom stereocenters. The van der Waals surface area contributed by atoms with Gasteiger partial charge in [-0.25, -0.2) is 18.4 Å². The first-order valence-corrected chi connectivity index (χ1v) is 18.8. The molecule has 4 heterocycles. The average molecular weight is 819 g/mol. The highest BCUT2D eigenvalue weighted by Crippen LogP contribution is 2.29. The van der Waals surface area contributed by atoms with Crippen LogP contribution in [0.1, 0.15) is 41.6 Å². The lowest BCUT2D eigenvalue weighted by Crippen LogP contribution is -2.49. The standard InChI is InChI=1S/C27H24FN3O5S.C12H12FN3O3S/c28-14-20-11-12-29-21-13-23(37-24(20)21)25(32)30-15-22(26(33)35-16-18-7-3-1-4-8-18)31-27(34)36-17-19-9-5-2-6-10-19;13-4-6-1-2-15-8-3-9(20-10(6)8)11(17)16-5-7(14)12(18)19/h1-13,22H,14-17H2,(H,30,32)(H,31,34);1-3,7H,4-5,14H2,(H,16,17)(H,18,19)/t22-;7-/m11/s1. The topological polar surface area (TPSA) is 212 Å². The second-order valence-corrected chi connectivity index (χ2v) is 14.2. The van der Waals surface area contributed by atoms with Gasteiger partial charge >= 0.3 is 18.0 Å². The van der Waals surface area contributed by atoms with E-state index in [-0.39, 0.29) is 26.3 Å². The highest BCUT2D eigenvalue weighted by molar-refractivity contribution is 7.21. The number of carbonyl (C=O) groups is 5. The molecule has 6 rings (SSSR count). The van der Waals surface area contributed by atoms with Gasteiger partial charge in [0.15, 0.2) is 0 Å². The normalized spacial score (nSPS) is 11.8. The van der Waals surface area contributed by atoms with Crippen LogP contribution in [0.15, 0.2) is 97.3 Å². The molecule has 3 amide bonds. The second kappa shape index (κ2) is 20.5. The minimum absolute atomic E-state index is 0.00114. The van der Waals surface area contributed by atoms with E-state index in [2.05, 4.69) is 25.9 Å². The minimum atomic E-state index is -1.20. The van der Waals surface area contributed by atoms with Gasteiger partial charge < -0.3 is 36.3 Å². The number of carboxylic acid groups (broad SMARTS) is 1. The predicted molar refractivity (Wildman–Crippen MR) is 209 cm³/mol. The van der Waals surface area contributed by atoms with Crippen molar-refractivity contribution in [3.8, 4) is 0 Å². The van der Waals surface area contributed by atoms with Gasteiger partial charge in [0.25, 0.3) is 11.8 Å². The van der Waals surface area contributed by atoms with E-state index in [1.165, 1.54) is 12.4 Å². The van der Waals surface area contributed by atoms with E-state index in [1.54, 1.807) is 48.5 Å². The van der Waals surface area contributed by atoms with Crippen molar-refractivity contribution in [2.24, 2.45) is 5.73 Å². The minimum Gasteiger partial charge on any atom is -0.480 e. The van der Waals surface area contributed by atoms with Gasteiger partial charge in [-0.1, -0.05) is 60.7 Å². The Balaban J connectivity index is 0.000000261. The zero-order valence-electron chi connectivity index (χ0n) is 30.0. The Hall–Kier alpha value is -6.37. The van der Waals surface area contributed by atoms with Gasteiger partial charge in [-0.15, -0.1) is 22.7 Å². The number of fused-ring (bicyclic) bond motifs is 2. The monoisotopic (exact) mass is 818 g/mol. The molecule has 57 heavy (non-hydrogen) atoms. The Kier molecular flexibility index (Phi) is 15.0. The summed E-state index contributed by atoms with van der Waals surface area (Å²) < 4.78 is 37.8. The molecule has 6 N–H and O–H groups in total. The number of carboxylic acids is 1. The van der Waals surface area contributed by atoms with Crippen LogP contribution in [0.25, 0.3) is 20.4 Å². The van der Waals surface area contributed by atoms with Crippen molar-refractivity contribution in [1.29, 1.82) is 0 Å². The van der Waals surface area contributed by atoms with Gasteiger partial charge in [-0.2, -0.15) is 0 Å². The van der Waals surface area contributed by atoms with Crippen molar-refractivity contribution >= 4 is 73.0 Å². The number of ether oxygens (including phenoxy) is 2. The molecule has 0 spiro atoms. The Morgan fingerprint density at radius 1 is 0.702 bits per heavy atom. The largest absolute Gasteiger partial charge is 0.480 e.